The summed E-state index contributed by atoms with van der Waals surface area (Å²) >= 11 is 0. The number of nitro groups is 1. The van der Waals surface area contributed by atoms with Crippen molar-refractivity contribution in [2.24, 2.45) is 0 Å². The molecule has 0 aliphatic carbocycles. The Hall–Kier alpha value is -2.96. The zero-order chi connectivity index (χ0) is 16.1. The highest BCUT2D eigenvalue weighted by atomic mass is 19.1. The highest BCUT2D eigenvalue weighted by molar-refractivity contribution is 5.91. The molecule has 0 bridgehead atoms. The topological polar surface area (TPSA) is 81.5 Å². The van der Waals surface area contributed by atoms with E-state index in [2.05, 4.69) is 5.32 Å². The first-order chi connectivity index (χ1) is 10.5. The summed E-state index contributed by atoms with van der Waals surface area (Å²) in [5.41, 5.74) is 0.469. The van der Waals surface area contributed by atoms with Gasteiger partial charge in [0.25, 0.3) is 11.6 Å². The maximum atomic E-state index is 13.4. The van der Waals surface area contributed by atoms with Crippen LogP contribution in [0.15, 0.2) is 42.5 Å². The molecule has 0 radical (unpaired) electrons. The maximum absolute atomic E-state index is 13.4. The number of amides is 1. The molecule has 6 nitrogen and oxygen atoms in total. The second-order valence-corrected chi connectivity index (χ2v) is 4.52. The zero-order valence-corrected chi connectivity index (χ0v) is 11.7. The van der Waals surface area contributed by atoms with Gasteiger partial charge in [0.1, 0.15) is 11.6 Å². The lowest BCUT2D eigenvalue weighted by Crippen LogP contribution is -2.20. The Morgan fingerprint density at radius 3 is 2.68 bits per heavy atom. The predicted octanol–water partition coefficient (Wildman–Crippen LogP) is 3.06. The van der Waals surface area contributed by atoms with Crippen molar-refractivity contribution in [3.05, 3.63) is 64.0 Å². The van der Waals surface area contributed by atoms with Crippen LogP contribution in [0.2, 0.25) is 0 Å². The van der Waals surface area contributed by atoms with Gasteiger partial charge in [-0.25, -0.2) is 4.39 Å². The van der Waals surface area contributed by atoms with Crippen molar-refractivity contribution in [3.63, 3.8) is 0 Å². The number of nitrogens with zero attached hydrogens (tertiary/aromatic N) is 1. The van der Waals surface area contributed by atoms with Gasteiger partial charge in [0.2, 0.25) is 0 Å². The van der Waals surface area contributed by atoms with Crippen molar-refractivity contribution in [2.45, 2.75) is 6.92 Å². The minimum atomic E-state index is -0.540. The maximum Gasteiger partial charge on any atom is 0.272 e. The third-order valence-electron chi connectivity index (χ3n) is 2.88. The molecule has 22 heavy (non-hydrogen) atoms. The molecule has 0 atom stereocenters. The molecule has 7 heteroatoms. The van der Waals surface area contributed by atoms with Gasteiger partial charge >= 0.3 is 0 Å². The van der Waals surface area contributed by atoms with Crippen LogP contribution < -0.4 is 10.1 Å². The molecule has 1 amide bonds. The summed E-state index contributed by atoms with van der Waals surface area (Å²) < 4.78 is 18.6. The van der Waals surface area contributed by atoms with Gasteiger partial charge in [0.15, 0.2) is 6.61 Å². The third kappa shape index (κ3) is 3.78. The average Bonchev–Trinajstić information content (AvgIpc) is 2.47. The minimum absolute atomic E-state index is 0.0249. The average molecular weight is 304 g/mol. The fourth-order valence-electron chi connectivity index (χ4n) is 1.82. The lowest BCUT2D eigenvalue weighted by Gasteiger charge is -2.08. The number of benzene rings is 2. The highest BCUT2D eigenvalue weighted by Gasteiger charge is 2.12. The molecule has 0 fully saturated rings. The monoisotopic (exact) mass is 304 g/mol. The van der Waals surface area contributed by atoms with Crippen molar-refractivity contribution in [1.82, 2.24) is 0 Å². The van der Waals surface area contributed by atoms with E-state index in [9.17, 15) is 19.3 Å². The van der Waals surface area contributed by atoms with Gasteiger partial charge in [-0.2, -0.15) is 0 Å². The molecule has 0 saturated carbocycles. The van der Waals surface area contributed by atoms with E-state index in [1.165, 1.54) is 36.4 Å². The standard InChI is InChI=1S/C15H13FN2O4/c1-10-8-11(6-7-14(10)18(20)21)22-9-15(19)17-13-5-3-2-4-12(13)16/h2-8H,9H2,1H3,(H,17,19). The van der Waals surface area contributed by atoms with Gasteiger partial charge in [0.05, 0.1) is 10.6 Å². The van der Waals surface area contributed by atoms with Crippen LogP contribution in [0, 0.1) is 22.9 Å². The smallest absolute Gasteiger partial charge is 0.272 e. The summed E-state index contributed by atoms with van der Waals surface area (Å²) in [5.74, 6) is -0.741. The molecule has 2 aromatic carbocycles. The second kappa shape index (κ2) is 6.66. The molecule has 0 unspecified atom stereocenters. The number of ether oxygens (including phenoxy) is 1. The van der Waals surface area contributed by atoms with Crippen molar-refractivity contribution in [2.75, 3.05) is 11.9 Å². The largest absolute Gasteiger partial charge is 0.484 e. The van der Waals surface area contributed by atoms with Crippen LogP contribution in [0.4, 0.5) is 15.8 Å². The Morgan fingerprint density at radius 1 is 1.32 bits per heavy atom. The number of halogens is 1. The molecule has 1 N–H and O–H groups in total. The number of hydrogen-bond acceptors (Lipinski definition) is 4. The summed E-state index contributed by atoms with van der Waals surface area (Å²) in [6.07, 6.45) is 0. The predicted molar refractivity (Wildman–Crippen MR) is 78.4 cm³/mol. The van der Waals surface area contributed by atoms with E-state index in [4.69, 9.17) is 4.74 Å². The first-order valence-electron chi connectivity index (χ1n) is 6.39. The van der Waals surface area contributed by atoms with E-state index in [0.29, 0.717) is 11.3 Å². The Labute approximate surface area is 125 Å². The lowest BCUT2D eigenvalue weighted by atomic mass is 10.2. The van der Waals surface area contributed by atoms with Crippen LogP contribution >= 0.6 is 0 Å². The Kier molecular flexibility index (Phi) is 4.67. The molecule has 0 aromatic heterocycles. The van der Waals surface area contributed by atoms with Crippen LogP contribution in [0.5, 0.6) is 5.75 Å². The quantitative estimate of drug-likeness (QED) is 0.680. The van der Waals surface area contributed by atoms with E-state index in [1.54, 1.807) is 13.0 Å². The summed E-state index contributed by atoms with van der Waals surface area (Å²) in [4.78, 5) is 21.9. The van der Waals surface area contributed by atoms with Crippen LogP contribution in [-0.4, -0.2) is 17.4 Å². The van der Waals surface area contributed by atoms with Gasteiger partial charge in [-0.05, 0) is 31.2 Å². The summed E-state index contributed by atoms with van der Waals surface area (Å²) in [5, 5.41) is 13.1. The van der Waals surface area contributed by atoms with Crippen molar-refractivity contribution >= 4 is 17.3 Å². The number of hydrogen-bond donors (Lipinski definition) is 1. The molecule has 0 aliphatic rings. The molecule has 2 rings (SSSR count). The molecule has 0 heterocycles. The fourth-order valence-corrected chi connectivity index (χ4v) is 1.82. The number of para-hydroxylation sites is 1. The summed E-state index contributed by atoms with van der Waals surface area (Å²) in [7, 11) is 0. The van der Waals surface area contributed by atoms with Crippen LogP contribution in [-0.2, 0) is 4.79 Å². The molecule has 0 aliphatic heterocycles. The molecular weight excluding hydrogens is 291 g/mol. The second-order valence-electron chi connectivity index (χ2n) is 4.52. The Bertz CT molecular complexity index is 718. The highest BCUT2D eigenvalue weighted by Crippen LogP contribution is 2.23. The molecule has 0 spiro atoms. The Balaban J connectivity index is 1.95. The van der Waals surface area contributed by atoms with E-state index >= 15 is 0 Å². The van der Waals surface area contributed by atoms with Gasteiger partial charge < -0.3 is 10.1 Å². The number of anilines is 1. The van der Waals surface area contributed by atoms with Crippen molar-refractivity contribution < 1.29 is 18.8 Å². The summed E-state index contributed by atoms with van der Waals surface area (Å²) in [6, 6.07) is 9.95. The number of aryl methyl sites for hydroxylation is 1. The number of nitrogens with one attached hydrogen (secondary N) is 1. The molecular formula is C15H13FN2O4. The number of carbonyl (C=O) groups is 1. The first-order valence-corrected chi connectivity index (χ1v) is 6.39. The van der Waals surface area contributed by atoms with Crippen molar-refractivity contribution in [1.29, 1.82) is 0 Å². The molecule has 0 saturated heterocycles. The molecule has 2 aromatic rings. The van der Waals surface area contributed by atoms with Crippen LogP contribution in [0.1, 0.15) is 5.56 Å². The van der Waals surface area contributed by atoms with Crippen molar-refractivity contribution in [3.8, 4) is 5.75 Å². The van der Waals surface area contributed by atoms with E-state index in [1.807, 2.05) is 0 Å². The van der Waals surface area contributed by atoms with E-state index in [-0.39, 0.29) is 18.0 Å². The third-order valence-corrected chi connectivity index (χ3v) is 2.88. The van der Waals surface area contributed by atoms with Gasteiger partial charge in [-0.15, -0.1) is 0 Å². The van der Waals surface area contributed by atoms with Crippen LogP contribution in [0.3, 0.4) is 0 Å². The fraction of sp³-hybridized carbons (Fsp3) is 0.133. The zero-order valence-electron chi connectivity index (χ0n) is 11.7. The number of nitro benzene ring substituents is 1. The summed E-state index contributed by atoms with van der Waals surface area (Å²) in [6.45, 7) is 1.25. The van der Waals surface area contributed by atoms with Gasteiger partial charge in [0, 0.05) is 11.6 Å². The number of carbonyl (C=O) groups excluding carboxylic acids is 1. The van der Waals surface area contributed by atoms with E-state index < -0.39 is 16.6 Å². The molecule has 114 valence electrons. The van der Waals surface area contributed by atoms with E-state index in [0.717, 1.165) is 0 Å². The SMILES string of the molecule is Cc1cc(OCC(=O)Nc2ccccc2F)ccc1[N+](=O)[O-]. The van der Waals surface area contributed by atoms with Crippen LogP contribution in [0.25, 0.3) is 0 Å². The Morgan fingerprint density at radius 2 is 2.05 bits per heavy atom. The van der Waals surface area contributed by atoms with Gasteiger partial charge in [-0.1, -0.05) is 12.1 Å². The lowest BCUT2D eigenvalue weighted by molar-refractivity contribution is -0.385. The number of rotatable bonds is 5. The normalized spacial score (nSPS) is 10.1. The minimum Gasteiger partial charge on any atom is -0.484 e. The first kappa shape index (κ1) is 15.4. The van der Waals surface area contributed by atoms with Gasteiger partial charge in [-0.3, -0.25) is 14.9 Å².